The number of benzene rings is 2. The molecule has 2 aromatic carbocycles. The minimum Gasteiger partial charge on any atom is -0.497 e. The summed E-state index contributed by atoms with van der Waals surface area (Å²) in [7, 11) is 3.31. The summed E-state index contributed by atoms with van der Waals surface area (Å²) < 4.78 is 23.1. The topological polar surface area (TPSA) is 36.9 Å². The van der Waals surface area contributed by atoms with Crippen LogP contribution in [0.3, 0.4) is 0 Å². The van der Waals surface area contributed by atoms with Crippen LogP contribution in [0.4, 0.5) is 0 Å². The van der Waals surface area contributed by atoms with Crippen LogP contribution in [0.25, 0.3) is 0 Å². The third-order valence-corrected chi connectivity index (χ3v) is 4.27. The Hall–Kier alpha value is -2.04. The summed E-state index contributed by atoms with van der Waals surface area (Å²) in [5.74, 6) is 0.702. The normalized spacial score (nSPS) is 18.8. The lowest BCUT2D eigenvalue weighted by Crippen LogP contribution is -2.46. The van der Waals surface area contributed by atoms with E-state index in [-0.39, 0.29) is 5.41 Å². The highest BCUT2D eigenvalue weighted by Gasteiger charge is 2.43. The smallest absolute Gasteiger partial charge is 0.222 e. The third-order valence-electron chi connectivity index (χ3n) is 4.27. The van der Waals surface area contributed by atoms with E-state index >= 15 is 0 Å². The predicted octanol–water partition coefficient (Wildman–Crippen LogP) is 3.98. The van der Waals surface area contributed by atoms with Crippen LogP contribution in [0, 0.1) is 5.41 Å². The number of rotatable bonds is 4. The quantitative estimate of drug-likeness (QED) is 0.851. The van der Waals surface area contributed by atoms with Gasteiger partial charge in [0.05, 0.1) is 27.4 Å². The molecule has 0 radical (unpaired) electrons. The molecule has 3 rings (SSSR count). The van der Waals surface area contributed by atoms with Crippen molar-refractivity contribution < 1.29 is 18.9 Å². The monoisotopic (exact) mass is 328 g/mol. The fourth-order valence-electron chi connectivity index (χ4n) is 2.80. The van der Waals surface area contributed by atoms with Crippen LogP contribution in [0.2, 0.25) is 0 Å². The molecule has 1 heterocycles. The maximum absolute atomic E-state index is 6.30. The summed E-state index contributed by atoms with van der Waals surface area (Å²) in [6, 6.07) is 15.6. The first-order valence-electron chi connectivity index (χ1n) is 8.06. The number of hydrogen-bond acceptors (Lipinski definition) is 4. The first-order chi connectivity index (χ1) is 11.5. The molecule has 0 aromatic heterocycles. The van der Waals surface area contributed by atoms with Crippen molar-refractivity contribution in [1.82, 2.24) is 0 Å². The van der Waals surface area contributed by atoms with Crippen molar-refractivity contribution in [3.8, 4) is 11.5 Å². The Morgan fingerprint density at radius 2 is 1.08 bits per heavy atom. The summed E-state index contributed by atoms with van der Waals surface area (Å²) in [5, 5.41) is 0. The molecule has 24 heavy (non-hydrogen) atoms. The van der Waals surface area contributed by atoms with Gasteiger partial charge in [-0.05, 0) is 48.5 Å². The van der Waals surface area contributed by atoms with Crippen molar-refractivity contribution in [3.05, 3.63) is 59.7 Å². The van der Waals surface area contributed by atoms with E-state index in [0.29, 0.717) is 13.2 Å². The van der Waals surface area contributed by atoms with Crippen LogP contribution < -0.4 is 9.47 Å². The maximum Gasteiger partial charge on any atom is 0.222 e. The van der Waals surface area contributed by atoms with E-state index in [1.54, 1.807) is 14.2 Å². The highest BCUT2D eigenvalue weighted by atomic mass is 16.7. The van der Waals surface area contributed by atoms with Crippen molar-refractivity contribution in [2.24, 2.45) is 5.41 Å². The molecule has 0 aliphatic carbocycles. The Bertz CT molecular complexity index is 614. The Balaban J connectivity index is 2.02. The van der Waals surface area contributed by atoms with Gasteiger partial charge in [-0.15, -0.1) is 0 Å². The van der Waals surface area contributed by atoms with Crippen LogP contribution in [0.1, 0.15) is 25.0 Å². The lowest BCUT2D eigenvalue weighted by atomic mass is 9.90. The van der Waals surface area contributed by atoms with Crippen molar-refractivity contribution in [2.45, 2.75) is 19.6 Å². The molecule has 0 N–H and O–H groups in total. The molecule has 1 aliphatic rings. The summed E-state index contributed by atoms with van der Waals surface area (Å²) >= 11 is 0. The molecule has 2 aromatic rings. The molecular weight excluding hydrogens is 304 g/mol. The van der Waals surface area contributed by atoms with E-state index in [4.69, 9.17) is 18.9 Å². The van der Waals surface area contributed by atoms with Crippen molar-refractivity contribution in [2.75, 3.05) is 27.4 Å². The Labute approximate surface area is 143 Å². The van der Waals surface area contributed by atoms with Gasteiger partial charge < -0.3 is 18.9 Å². The van der Waals surface area contributed by atoms with Crippen molar-refractivity contribution in [3.63, 3.8) is 0 Å². The number of methoxy groups -OCH3 is 2. The SMILES string of the molecule is COc1ccc(C2(c3ccc(OC)cc3)OCC(C)(C)CO2)cc1. The molecule has 0 amide bonds. The van der Waals surface area contributed by atoms with Crippen LogP contribution in [-0.4, -0.2) is 27.4 Å². The molecule has 4 heteroatoms. The highest BCUT2D eigenvalue weighted by molar-refractivity contribution is 5.39. The number of hydrogen-bond donors (Lipinski definition) is 0. The van der Waals surface area contributed by atoms with Gasteiger partial charge in [-0.1, -0.05) is 13.8 Å². The standard InChI is InChI=1S/C20H24O4/c1-19(2)13-23-20(24-14-19,15-5-9-17(21-3)10-6-15)16-7-11-18(22-4)12-8-16/h5-12H,13-14H2,1-4H3. The molecule has 1 saturated heterocycles. The van der Waals surface area contributed by atoms with Gasteiger partial charge in [-0.2, -0.15) is 0 Å². The first kappa shape index (κ1) is 16.8. The van der Waals surface area contributed by atoms with Gasteiger partial charge in [-0.25, -0.2) is 0 Å². The van der Waals surface area contributed by atoms with Crippen LogP contribution in [0.15, 0.2) is 48.5 Å². The first-order valence-corrected chi connectivity index (χ1v) is 8.06. The summed E-state index contributed by atoms with van der Waals surface area (Å²) in [4.78, 5) is 0. The molecule has 0 saturated carbocycles. The second-order valence-corrected chi connectivity index (χ2v) is 6.82. The predicted molar refractivity (Wildman–Crippen MR) is 92.5 cm³/mol. The molecule has 1 aliphatic heterocycles. The molecule has 0 spiro atoms. The summed E-state index contributed by atoms with van der Waals surface area (Å²) in [6.07, 6.45) is 0. The lowest BCUT2D eigenvalue weighted by Gasteiger charge is -2.44. The summed E-state index contributed by atoms with van der Waals surface area (Å²) in [6.45, 7) is 5.51. The second kappa shape index (κ2) is 6.46. The molecule has 0 atom stereocenters. The average molecular weight is 328 g/mol. The minimum absolute atomic E-state index is 0.0115. The third kappa shape index (κ3) is 3.12. The van der Waals surface area contributed by atoms with E-state index in [1.807, 2.05) is 48.5 Å². The largest absolute Gasteiger partial charge is 0.497 e. The Morgan fingerprint density at radius 1 is 0.708 bits per heavy atom. The van der Waals surface area contributed by atoms with Gasteiger partial charge in [0.15, 0.2) is 0 Å². The van der Waals surface area contributed by atoms with E-state index in [9.17, 15) is 0 Å². The molecule has 4 nitrogen and oxygen atoms in total. The zero-order valence-electron chi connectivity index (χ0n) is 14.7. The van der Waals surface area contributed by atoms with Crippen molar-refractivity contribution >= 4 is 0 Å². The maximum atomic E-state index is 6.30. The zero-order valence-corrected chi connectivity index (χ0v) is 14.7. The molecule has 1 fully saturated rings. The second-order valence-electron chi connectivity index (χ2n) is 6.82. The van der Waals surface area contributed by atoms with Crippen molar-refractivity contribution in [1.29, 1.82) is 0 Å². The van der Waals surface area contributed by atoms with Gasteiger partial charge in [0, 0.05) is 16.5 Å². The average Bonchev–Trinajstić information content (AvgIpc) is 2.62. The van der Waals surface area contributed by atoms with Gasteiger partial charge in [-0.3, -0.25) is 0 Å². The molecular formula is C20H24O4. The van der Waals surface area contributed by atoms with E-state index in [1.165, 1.54) is 0 Å². The Morgan fingerprint density at radius 3 is 1.42 bits per heavy atom. The Kier molecular flexibility index (Phi) is 4.52. The van der Waals surface area contributed by atoms with Gasteiger partial charge in [0.25, 0.3) is 0 Å². The van der Waals surface area contributed by atoms with E-state index in [0.717, 1.165) is 22.6 Å². The van der Waals surface area contributed by atoms with Gasteiger partial charge in [0.2, 0.25) is 5.79 Å². The molecule has 0 bridgehead atoms. The minimum atomic E-state index is -0.909. The molecule has 0 unspecified atom stereocenters. The van der Waals surface area contributed by atoms with E-state index < -0.39 is 5.79 Å². The van der Waals surface area contributed by atoms with Crippen LogP contribution >= 0.6 is 0 Å². The lowest BCUT2D eigenvalue weighted by molar-refractivity contribution is -0.284. The highest BCUT2D eigenvalue weighted by Crippen LogP contribution is 2.42. The van der Waals surface area contributed by atoms with Gasteiger partial charge >= 0.3 is 0 Å². The van der Waals surface area contributed by atoms with Crippen LogP contribution in [0.5, 0.6) is 11.5 Å². The van der Waals surface area contributed by atoms with Crippen LogP contribution in [-0.2, 0) is 15.3 Å². The summed E-state index contributed by atoms with van der Waals surface area (Å²) in [5.41, 5.74) is 1.88. The fraction of sp³-hybridized carbons (Fsp3) is 0.400. The van der Waals surface area contributed by atoms with Gasteiger partial charge in [0.1, 0.15) is 11.5 Å². The zero-order chi connectivity index (χ0) is 17.2. The van der Waals surface area contributed by atoms with E-state index in [2.05, 4.69) is 13.8 Å². The fourth-order valence-corrected chi connectivity index (χ4v) is 2.80. The molecule has 128 valence electrons. The number of ether oxygens (including phenoxy) is 4.